The molecule has 34 heavy (non-hydrogen) atoms. The van der Waals surface area contributed by atoms with E-state index in [2.05, 4.69) is 31.4 Å². The van der Waals surface area contributed by atoms with Crippen LogP contribution in [0.15, 0.2) is 24.3 Å². The molecule has 0 aliphatic rings. The Morgan fingerprint density at radius 2 is 1.94 bits per heavy atom. The fourth-order valence-electron chi connectivity index (χ4n) is 3.27. The fourth-order valence-corrected chi connectivity index (χ4v) is 4.13. The zero-order chi connectivity index (χ0) is 24.9. The number of ether oxygens (including phenoxy) is 2. The van der Waals surface area contributed by atoms with Crippen molar-refractivity contribution in [3.8, 4) is 17.0 Å². The molecule has 0 aliphatic heterocycles. The Morgan fingerprint density at radius 1 is 1.24 bits per heavy atom. The van der Waals surface area contributed by atoms with E-state index in [4.69, 9.17) is 19.6 Å². The number of likely N-dealkylation sites (N-methyl/N-ethyl adjacent to an activating group) is 1. The Balaban J connectivity index is 1.75. The molecule has 3 aromatic rings. The van der Waals surface area contributed by atoms with Crippen LogP contribution in [0, 0.1) is 0 Å². The van der Waals surface area contributed by atoms with Crippen molar-refractivity contribution in [3.05, 3.63) is 24.3 Å². The van der Waals surface area contributed by atoms with E-state index in [1.807, 2.05) is 54.6 Å². The third-order valence-electron chi connectivity index (χ3n) is 4.85. The Hall–Kier alpha value is -2.85. The van der Waals surface area contributed by atoms with Crippen LogP contribution in [0.4, 0.5) is 10.9 Å². The van der Waals surface area contributed by atoms with Gasteiger partial charge in [-0.05, 0) is 65.3 Å². The summed E-state index contributed by atoms with van der Waals surface area (Å²) in [7, 11) is 3.51. The van der Waals surface area contributed by atoms with Crippen molar-refractivity contribution in [2.75, 3.05) is 44.1 Å². The first-order valence-corrected chi connectivity index (χ1v) is 12.3. The largest absolute Gasteiger partial charge is 0.497 e. The zero-order valence-electron chi connectivity index (χ0n) is 21.1. The van der Waals surface area contributed by atoms with Gasteiger partial charge in [-0.1, -0.05) is 11.3 Å². The van der Waals surface area contributed by atoms with Crippen molar-refractivity contribution in [1.29, 1.82) is 0 Å². The SMILES string of the molecule is COc1ccc(-c2nc3sc(N(C)CC(=O)NCCCOC(C)C)nn3c2NC(C)(C)C)cc1. The van der Waals surface area contributed by atoms with Crippen LogP contribution in [0.25, 0.3) is 16.2 Å². The summed E-state index contributed by atoms with van der Waals surface area (Å²) >= 11 is 1.45. The lowest BCUT2D eigenvalue weighted by molar-refractivity contribution is -0.119. The van der Waals surface area contributed by atoms with Gasteiger partial charge in [0.2, 0.25) is 16.0 Å². The van der Waals surface area contributed by atoms with Crippen molar-refractivity contribution >= 4 is 33.2 Å². The van der Waals surface area contributed by atoms with Gasteiger partial charge in [0.15, 0.2) is 5.82 Å². The van der Waals surface area contributed by atoms with Crippen molar-refractivity contribution in [1.82, 2.24) is 19.9 Å². The maximum atomic E-state index is 12.4. The van der Waals surface area contributed by atoms with E-state index in [1.54, 1.807) is 7.11 Å². The number of benzene rings is 1. The number of aromatic nitrogens is 3. The van der Waals surface area contributed by atoms with Crippen LogP contribution in [-0.4, -0.2) is 66.0 Å². The zero-order valence-corrected chi connectivity index (χ0v) is 22.0. The molecule has 2 aromatic heterocycles. The van der Waals surface area contributed by atoms with E-state index in [-0.39, 0.29) is 24.1 Å². The first-order chi connectivity index (χ1) is 16.1. The van der Waals surface area contributed by atoms with Gasteiger partial charge in [0.1, 0.15) is 11.4 Å². The van der Waals surface area contributed by atoms with Crippen LogP contribution in [0.1, 0.15) is 41.0 Å². The molecule has 0 aliphatic carbocycles. The molecule has 0 unspecified atom stereocenters. The maximum absolute atomic E-state index is 12.4. The number of rotatable bonds is 11. The molecular weight excluding hydrogens is 452 g/mol. The predicted octanol–water partition coefficient (Wildman–Crippen LogP) is 4.04. The van der Waals surface area contributed by atoms with Crippen LogP contribution in [0.2, 0.25) is 0 Å². The quantitative estimate of drug-likeness (QED) is 0.394. The summed E-state index contributed by atoms with van der Waals surface area (Å²) in [5, 5.41) is 12.0. The average molecular weight is 489 g/mol. The molecule has 0 spiro atoms. The first kappa shape index (κ1) is 25.8. The normalized spacial score (nSPS) is 11.8. The van der Waals surface area contributed by atoms with Gasteiger partial charge in [0.25, 0.3) is 0 Å². The van der Waals surface area contributed by atoms with Gasteiger partial charge in [-0.2, -0.15) is 4.52 Å². The highest BCUT2D eigenvalue weighted by Crippen LogP contribution is 2.35. The minimum absolute atomic E-state index is 0.0492. The number of carbonyl (C=O) groups excluding carboxylic acids is 1. The average Bonchev–Trinajstić information content (AvgIpc) is 3.32. The van der Waals surface area contributed by atoms with Crippen LogP contribution in [-0.2, 0) is 9.53 Å². The van der Waals surface area contributed by atoms with Gasteiger partial charge in [-0.25, -0.2) is 4.98 Å². The molecule has 1 amide bonds. The minimum Gasteiger partial charge on any atom is -0.497 e. The van der Waals surface area contributed by atoms with Gasteiger partial charge < -0.3 is 25.0 Å². The standard InChI is InChI=1S/C24H36N6O3S/c1-16(2)33-14-8-13-25-19(31)15-29(6)23-28-30-21(27-24(3,4)5)20(26-22(30)34-23)17-9-11-18(32-7)12-10-17/h9-12,16,27H,8,13-15H2,1-7H3,(H,25,31). The summed E-state index contributed by atoms with van der Waals surface area (Å²) in [6, 6.07) is 7.82. The Morgan fingerprint density at radius 3 is 2.56 bits per heavy atom. The number of imidazole rings is 1. The summed E-state index contributed by atoms with van der Waals surface area (Å²) in [5.41, 5.74) is 1.61. The van der Waals surface area contributed by atoms with E-state index in [1.165, 1.54) is 11.3 Å². The Labute approximate surface area is 205 Å². The molecular formula is C24H36N6O3S. The van der Waals surface area contributed by atoms with E-state index in [0.717, 1.165) is 39.3 Å². The number of hydrogen-bond acceptors (Lipinski definition) is 8. The smallest absolute Gasteiger partial charge is 0.239 e. The number of methoxy groups -OCH3 is 1. The third kappa shape index (κ3) is 6.83. The fraction of sp³-hybridized carbons (Fsp3) is 0.542. The van der Waals surface area contributed by atoms with Crippen molar-refractivity contribution in [2.45, 2.75) is 52.7 Å². The summed E-state index contributed by atoms with van der Waals surface area (Å²) in [6.45, 7) is 11.7. The molecule has 10 heteroatoms. The van der Waals surface area contributed by atoms with Gasteiger partial charge in [0, 0.05) is 31.3 Å². The molecule has 1 aromatic carbocycles. The van der Waals surface area contributed by atoms with E-state index >= 15 is 0 Å². The summed E-state index contributed by atoms with van der Waals surface area (Å²) in [4.78, 5) is 19.8. The first-order valence-electron chi connectivity index (χ1n) is 11.5. The minimum atomic E-state index is -0.188. The van der Waals surface area contributed by atoms with E-state index in [9.17, 15) is 4.79 Å². The highest BCUT2D eigenvalue weighted by atomic mass is 32.1. The van der Waals surface area contributed by atoms with Gasteiger partial charge in [-0.3, -0.25) is 4.79 Å². The molecule has 0 atom stereocenters. The van der Waals surface area contributed by atoms with Crippen LogP contribution < -0.4 is 20.3 Å². The van der Waals surface area contributed by atoms with E-state index < -0.39 is 0 Å². The molecule has 9 nitrogen and oxygen atoms in total. The topological polar surface area (TPSA) is 93.0 Å². The van der Waals surface area contributed by atoms with Crippen molar-refractivity contribution < 1.29 is 14.3 Å². The highest BCUT2D eigenvalue weighted by molar-refractivity contribution is 7.20. The highest BCUT2D eigenvalue weighted by Gasteiger charge is 2.23. The molecule has 0 saturated carbocycles. The number of anilines is 2. The number of hydrogen-bond donors (Lipinski definition) is 2. The summed E-state index contributed by atoms with van der Waals surface area (Å²) in [5.74, 6) is 1.56. The second kappa shape index (κ2) is 11.1. The summed E-state index contributed by atoms with van der Waals surface area (Å²) in [6.07, 6.45) is 0.989. The molecule has 0 radical (unpaired) electrons. The lowest BCUT2D eigenvalue weighted by Gasteiger charge is -2.22. The van der Waals surface area contributed by atoms with Crippen LogP contribution in [0.5, 0.6) is 5.75 Å². The molecule has 0 saturated heterocycles. The molecule has 0 fully saturated rings. The Bertz CT molecular complexity index is 1080. The maximum Gasteiger partial charge on any atom is 0.239 e. The van der Waals surface area contributed by atoms with E-state index in [0.29, 0.717) is 13.2 Å². The molecule has 2 heterocycles. The second-order valence-corrected chi connectivity index (χ2v) is 10.4. The number of amides is 1. The third-order valence-corrected chi connectivity index (χ3v) is 5.87. The molecule has 0 bridgehead atoms. The second-order valence-electron chi connectivity index (χ2n) is 9.47. The van der Waals surface area contributed by atoms with Gasteiger partial charge >= 0.3 is 0 Å². The lowest BCUT2D eigenvalue weighted by atomic mass is 10.1. The molecule has 2 N–H and O–H groups in total. The Kier molecular flexibility index (Phi) is 8.37. The monoisotopic (exact) mass is 488 g/mol. The summed E-state index contributed by atoms with van der Waals surface area (Å²) < 4.78 is 12.6. The molecule has 186 valence electrons. The van der Waals surface area contributed by atoms with Crippen LogP contribution >= 0.6 is 11.3 Å². The van der Waals surface area contributed by atoms with Gasteiger partial charge in [0.05, 0.1) is 19.8 Å². The van der Waals surface area contributed by atoms with Crippen molar-refractivity contribution in [3.63, 3.8) is 0 Å². The number of carbonyl (C=O) groups is 1. The predicted molar refractivity (Wildman–Crippen MR) is 138 cm³/mol. The molecule has 3 rings (SSSR count). The number of nitrogens with zero attached hydrogens (tertiary/aromatic N) is 4. The van der Waals surface area contributed by atoms with Gasteiger partial charge in [-0.15, -0.1) is 5.10 Å². The number of fused-ring (bicyclic) bond motifs is 1. The van der Waals surface area contributed by atoms with Crippen LogP contribution in [0.3, 0.4) is 0 Å². The number of nitrogens with one attached hydrogen (secondary N) is 2. The van der Waals surface area contributed by atoms with Crippen molar-refractivity contribution in [2.24, 2.45) is 0 Å². The lowest BCUT2D eigenvalue weighted by Crippen LogP contribution is -2.36.